The van der Waals surface area contributed by atoms with Crippen molar-refractivity contribution in [3.05, 3.63) is 35.4 Å². The molecule has 114 valence electrons. The first-order chi connectivity index (χ1) is 9.79. The number of hydrogen-bond donors (Lipinski definition) is 1. The molecule has 0 spiro atoms. The zero-order chi connectivity index (χ0) is 15.6. The van der Waals surface area contributed by atoms with E-state index in [-0.39, 0.29) is 24.6 Å². The Hall–Kier alpha value is -2.05. The number of benzene rings is 1. The van der Waals surface area contributed by atoms with E-state index >= 15 is 0 Å². The zero-order valence-corrected chi connectivity index (χ0v) is 11.1. The summed E-state index contributed by atoms with van der Waals surface area (Å²) in [6, 6.07) is 4.13. The van der Waals surface area contributed by atoms with Gasteiger partial charge in [-0.05, 0) is 31.0 Å². The van der Waals surface area contributed by atoms with Crippen molar-refractivity contribution in [1.82, 2.24) is 4.90 Å². The number of carbonyl (C=O) groups excluding carboxylic acids is 1. The lowest BCUT2D eigenvalue weighted by molar-refractivity contribution is -0.138. The Kier molecular flexibility index (Phi) is 4.20. The Morgan fingerprint density at radius 3 is 2.48 bits per heavy atom. The predicted octanol–water partition coefficient (Wildman–Crippen LogP) is 2.78. The molecule has 0 bridgehead atoms. The second-order valence-electron chi connectivity index (χ2n) is 4.95. The van der Waals surface area contributed by atoms with E-state index in [2.05, 4.69) is 0 Å². The number of amides is 1. The van der Waals surface area contributed by atoms with Crippen LogP contribution in [0.4, 0.5) is 13.2 Å². The van der Waals surface area contributed by atoms with Crippen LogP contribution in [0.15, 0.2) is 24.3 Å². The molecule has 0 aromatic heterocycles. The topological polar surface area (TPSA) is 57.6 Å². The second-order valence-corrected chi connectivity index (χ2v) is 4.95. The van der Waals surface area contributed by atoms with Crippen LogP contribution in [0, 0.1) is 0 Å². The molecule has 4 nitrogen and oxygen atoms in total. The monoisotopic (exact) mass is 301 g/mol. The summed E-state index contributed by atoms with van der Waals surface area (Å²) in [5, 5.41) is 8.68. The van der Waals surface area contributed by atoms with Crippen molar-refractivity contribution in [3.63, 3.8) is 0 Å². The van der Waals surface area contributed by atoms with E-state index in [0.717, 1.165) is 25.0 Å². The molecule has 0 atom stereocenters. The van der Waals surface area contributed by atoms with Gasteiger partial charge in [0.1, 0.15) is 0 Å². The fourth-order valence-electron chi connectivity index (χ4n) is 2.05. The largest absolute Gasteiger partial charge is 0.481 e. The number of aliphatic carboxylic acids is 1. The van der Waals surface area contributed by atoms with Gasteiger partial charge in [0.25, 0.3) is 5.91 Å². The lowest BCUT2D eigenvalue weighted by Crippen LogP contribution is -2.35. The average molecular weight is 301 g/mol. The van der Waals surface area contributed by atoms with Crippen molar-refractivity contribution in [1.29, 1.82) is 0 Å². The van der Waals surface area contributed by atoms with Gasteiger partial charge in [0, 0.05) is 18.2 Å². The molecular formula is C14H14F3NO3. The molecule has 1 saturated carbocycles. The van der Waals surface area contributed by atoms with E-state index in [9.17, 15) is 22.8 Å². The third-order valence-corrected chi connectivity index (χ3v) is 3.25. The van der Waals surface area contributed by atoms with Crippen LogP contribution in [0.25, 0.3) is 0 Å². The van der Waals surface area contributed by atoms with Crippen molar-refractivity contribution in [3.8, 4) is 0 Å². The van der Waals surface area contributed by atoms with Gasteiger partial charge >= 0.3 is 12.1 Å². The van der Waals surface area contributed by atoms with E-state index in [4.69, 9.17) is 5.11 Å². The number of alkyl halides is 3. The number of nitrogens with zero attached hydrogens (tertiary/aromatic N) is 1. The Morgan fingerprint density at radius 2 is 1.95 bits per heavy atom. The molecule has 0 heterocycles. The minimum absolute atomic E-state index is 0.00901. The van der Waals surface area contributed by atoms with Crippen molar-refractivity contribution in [2.24, 2.45) is 0 Å². The Morgan fingerprint density at radius 1 is 1.29 bits per heavy atom. The summed E-state index contributed by atoms with van der Waals surface area (Å²) in [7, 11) is 0. The number of carbonyl (C=O) groups is 2. The maximum Gasteiger partial charge on any atom is 0.416 e. The van der Waals surface area contributed by atoms with Crippen molar-refractivity contribution >= 4 is 11.9 Å². The molecular weight excluding hydrogens is 287 g/mol. The minimum Gasteiger partial charge on any atom is -0.481 e. The highest BCUT2D eigenvalue weighted by Gasteiger charge is 2.35. The van der Waals surface area contributed by atoms with Gasteiger partial charge in [0.15, 0.2) is 0 Å². The van der Waals surface area contributed by atoms with Crippen molar-refractivity contribution in [2.45, 2.75) is 31.5 Å². The molecule has 0 radical (unpaired) electrons. The van der Waals surface area contributed by atoms with E-state index in [1.54, 1.807) is 0 Å². The van der Waals surface area contributed by atoms with Crippen LogP contribution >= 0.6 is 0 Å². The first-order valence-electron chi connectivity index (χ1n) is 6.49. The van der Waals surface area contributed by atoms with Crippen LogP contribution in [0.3, 0.4) is 0 Å². The number of carboxylic acid groups (broad SMARTS) is 1. The Labute approximate surface area is 119 Å². The highest BCUT2D eigenvalue weighted by Crippen LogP contribution is 2.31. The van der Waals surface area contributed by atoms with Gasteiger partial charge in [-0.3, -0.25) is 9.59 Å². The fraction of sp³-hybridized carbons (Fsp3) is 0.429. The summed E-state index contributed by atoms with van der Waals surface area (Å²) >= 11 is 0. The van der Waals surface area contributed by atoms with Gasteiger partial charge in [-0.2, -0.15) is 13.2 Å². The minimum atomic E-state index is -4.51. The maximum absolute atomic E-state index is 12.7. The first kappa shape index (κ1) is 15.3. The number of rotatable bonds is 5. The van der Waals surface area contributed by atoms with Crippen LogP contribution in [0.1, 0.15) is 35.2 Å². The molecule has 1 aromatic carbocycles. The molecule has 0 aliphatic heterocycles. The number of carboxylic acids is 1. The van der Waals surface area contributed by atoms with Gasteiger partial charge in [0.2, 0.25) is 0 Å². The molecule has 7 heteroatoms. The first-order valence-corrected chi connectivity index (χ1v) is 6.49. The summed E-state index contributed by atoms with van der Waals surface area (Å²) in [5.41, 5.74) is -0.954. The van der Waals surface area contributed by atoms with Gasteiger partial charge in [0.05, 0.1) is 12.0 Å². The molecule has 21 heavy (non-hydrogen) atoms. The van der Waals surface area contributed by atoms with Gasteiger partial charge in [-0.25, -0.2) is 0 Å². The van der Waals surface area contributed by atoms with E-state index in [0.29, 0.717) is 0 Å². The standard InChI is InChI=1S/C14H14F3NO3/c15-14(16,17)10-3-1-2-9(8-10)13(21)18(11-4-5-11)7-6-12(19)20/h1-3,8,11H,4-7H2,(H,19,20). The lowest BCUT2D eigenvalue weighted by Gasteiger charge is -2.22. The molecule has 1 fully saturated rings. The van der Waals surface area contributed by atoms with Gasteiger partial charge in [-0.15, -0.1) is 0 Å². The molecule has 1 amide bonds. The number of hydrogen-bond acceptors (Lipinski definition) is 2. The van der Waals surface area contributed by atoms with Crippen LogP contribution in [-0.4, -0.2) is 34.5 Å². The van der Waals surface area contributed by atoms with E-state index in [1.165, 1.54) is 17.0 Å². The molecule has 1 aliphatic rings. The van der Waals surface area contributed by atoms with Gasteiger partial charge in [-0.1, -0.05) is 6.07 Å². The molecule has 2 rings (SSSR count). The van der Waals surface area contributed by atoms with E-state index < -0.39 is 23.6 Å². The summed E-state index contributed by atoms with van der Waals surface area (Å²) in [5.74, 6) is -1.60. The predicted molar refractivity (Wildman–Crippen MR) is 67.8 cm³/mol. The summed E-state index contributed by atoms with van der Waals surface area (Å²) < 4.78 is 38.0. The molecule has 1 aromatic rings. The normalized spacial score (nSPS) is 14.8. The SMILES string of the molecule is O=C(O)CCN(C(=O)c1cccc(C(F)(F)F)c1)C1CC1. The lowest BCUT2D eigenvalue weighted by atomic mass is 10.1. The molecule has 0 saturated heterocycles. The third kappa shape index (κ3) is 3.96. The van der Waals surface area contributed by atoms with Crippen molar-refractivity contribution in [2.75, 3.05) is 6.54 Å². The van der Waals surface area contributed by atoms with Crippen LogP contribution in [0.2, 0.25) is 0 Å². The highest BCUT2D eigenvalue weighted by molar-refractivity contribution is 5.95. The summed E-state index contributed by atoms with van der Waals surface area (Å²) in [4.78, 5) is 24.2. The summed E-state index contributed by atoms with van der Waals surface area (Å²) in [6.45, 7) is 0.00901. The third-order valence-electron chi connectivity index (χ3n) is 3.25. The maximum atomic E-state index is 12.7. The smallest absolute Gasteiger partial charge is 0.416 e. The van der Waals surface area contributed by atoms with Crippen LogP contribution < -0.4 is 0 Å². The molecule has 0 unspecified atom stereocenters. The van der Waals surface area contributed by atoms with Crippen molar-refractivity contribution < 1.29 is 27.9 Å². The summed E-state index contributed by atoms with van der Waals surface area (Å²) in [6.07, 6.45) is -3.22. The highest BCUT2D eigenvalue weighted by atomic mass is 19.4. The van der Waals surface area contributed by atoms with Crippen LogP contribution in [-0.2, 0) is 11.0 Å². The molecule has 1 aliphatic carbocycles. The molecule has 1 N–H and O–H groups in total. The fourth-order valence-corrected chi connectivity index (χ4v) is 2.05. The van der Waals surface area contributed by atoms with E-state index in [1.807, 2.05) is 0 Å². The average Bonchev–Trinajstić information content (AvgIpc) is 3.22. The second kappa shape index (κ2) is 5.75. The quantitative estimate of drug-likeness (QED) is 0.910. The Balaban J connectivity index is 2.18. The van der Waals surface area contributed by atoms with Gasteiger partial charge < -0.3 is 10.0 Å². The van der Waals surface area contributed by atoms with Crippen LogP contribution in [0.5, 0.6) is 0 Å². The Bertz CT molecular complexity index is 553. The zero-order valence-electron chi connectivity index (χ0n) is 11.1. The number of halogens is 3.